The van der Waals surface area contributed by atoms with E-state index in [0.717, 1.165) is 47.6 Å². The molecule has 2 heterocycles. The van der Waals surface area contributed by atoms with Gasteiger partial charge in [0.25, 0.3) is 0 Å². The van der Waals surface area contributed by atoms with Crippen molar-refractivity contribution >= 4 is 17.5 Å². The molecule has 0 saturated carbocycles. The van der Waals surface area contributed by atoms with Gasteiger partial charge in [-0.3, -0.25) is 14.5 Å². The van der Waals surface area contributed by atoms with Gasteiger partial charge in [-0.2, -0.15) is 0 Å². The van der Waals surface area contributed by atoms with Crippen LogP contribution in [-0.4, -0.2) is 41.0 Å². The average Bonchev–Trinajstić information content (AvgIpc) is 3.36. The zero-order valence-corrected chi connectivity index (χ0v) is 21.1. The topological polar surface area (TPSA) is 54.8 Å². The number of rotatable bonds is 9. The highest BCUT2D eigenvalue weighted by molar-refractivity contribution is 6.00. The van der Waals surface area contributed by atoms with Crippen molar-refractivity contribution in [3.8, 4) is 11.4 Å². The van der Waals surface area contributed by atoms with Crippen LogP contribution in [0.5, 0.6) is 5.75 Å². The average molecular weight is 474 g/mol. The monoisotopic (exact) mass is 473 g/mol. The second-order valence-electron chi connectivity index (χ2n) is 9.30. The fraction of sp³-hybridized carbons (Fsp3) is 0.379. The smallest absolute Gasteiger partial charge is 0.247 e. The second-order valence-corrected chi connectivity index (χ2v) is 9.30. The predicted octanol–water partition coefficient (Wildman–Crippen LogP) is 5.74. The Hall–Kier alpha value is -3.54. The third kappa shape index (κ3) is 4.97. The molecule has 2 aromatic carbocycles. The van der Waals surface area contributed by atoms with Crippen molar-refractivity contribution in [2.75, 3.05) is 18.6 Å². The third-order valence-corrected chi connectivity index (χ3v) is 6.66. The van der Waals surface area contributed by atoms with Crippen molar-refractivity contribution in [1.29, 1.82) is 0 Å². The lowest BCUT2D eigenvalue weighted by atomic mass is 9.97. The fourth-order valence-corrected chi connectivity index (χ4v) is 4.81. The van der Waals surface area contributed by atoms with Crippen LogP contribution >= 0.6 is 0 Å². The van der Waals surface area contributed by atoms with Crippen LogP contribution in [0.1, 0.15) is 63.8 Å². The van der Waals surface area contributed by atoms with Gasteiger partial charge in [0.05, 0.1) is 24.2 Å². The first kappa shape index (κ1) is 24.6. The number of carbonyl (C=O) groups is 2. The zero-order valence-electron chi connectivity index (χ0n) is 21.1. The number of anilines is 1. The van der Waals surface area contributed by atoms with Gasteiger partial charge in [0.15, 0.2) is 0 Å². The van der Waals surface area contributed by atoms with Crippen molar-refractivity contribution in [3.63, 3.8) is 0 Å². The molecule has 0 fully saturated rings. The number of nitrogens with zero attached hydrogens (tertiary/aromatic N) is 3. The summed E-state index contributed by atoms with van der Waals surface area (Å²) < 4.78 is 7.50. The van der Waals surface area contributed by atoms with E-state index < -0.39 is 0 Å². The van der Waals surface area contributed by atoms with Gasteiger partial charge < -0.3 is 14.2 Å². The fourth-order valence-electron chi connectivity index (χ4n) is 4.81. The third-order valence-electron chi connectivity index (χ3n) is 6.66. The number of benzene rings is 2. The number of amides is 2. The molecule has 1 aliphatic rings. The molecule has 35 heavy (non-hydrogen) atoms. The summed E-state index contributed by atoms with van der Waals surface area (Å²) in [6, 6.07) is 19.5. The van der Waals surface area contributed by atoms with E-state index in [-0.39, 0.29) is 30.4 Å². The zero-order chi connectivity index (χ0) is 24.9. The van der Waals surface area contributed by atoms with Gasteiger partial charge in [-0.25, -0.2) is 0 Å². The molecule has 0 saturated heterocycles. The Morgan fingerprint density at radius 1 is 0.971 bits per heavy atom. The van der Waals surface area contributed by atoms with E-state index in [2.05, 4.69) is 17.6 Å². The number of hydrogen-bond acceptors (Lipinski definition) is 3. The van der Waals surface area contributed by atoms with Crippen LogP contribution in [0.15, 0.2) is 66.9 Å². The van der Waals surface area contributed by atoms with E-state index in [9.17, 15) is 9.59 Å². The van der Waals surface area contributed by atoms with Crippen molar-refractivity contribution in [2.24, 2.45) is 0 Å². The summed E-state index contributed by atoms with van der Waals surface area (Å²) in [5.41, 5.74) is 3.78. The lowest BCUT2D eigenvalue weighted by molar-refractivity contribution is -0.137. The molecule has 0 N–H and O–H groups in total. The molecular weight excluding hydrogens is 438 g/mol. The Balaban J connectivity index is 1.73. The maximum atomic E-state index is 14.0. The van der Waals surface area contributed by atoms with Gasteiger partial charge in [0, 0.05) is 18.7 Å². The molecule has 1 unspecified atom stereocenters. The highest BCUT2D eigenvalue weighted by Gasteiger charge is 2.37. The molecule has 6 heteroatoms. The van der Waals surface area contributed by atoms with Gasteiger partial charge in [-0.05, 0) is 62.2 Å². The van der Waals surface area contributed by atoms with Gasteiger partial charge in [0.2, 0.25) is 11.8 Å². The second kappa shape index (κ2) is 10.8. The summed E-state index contributed by atoms with van der Waals surface area (Å²) in [6.45, 7) is 6.12. The Bertz CT molecular complexity index is 1170. The van der Waals surface area contributed by atoms with Crippen LogP contribution in [0.2, 0.25) is 0 Å². The number of hydrogen-bond donors (Lipinski definition) is 0. The summed E-state index contributed by atoms with van der Waals surface area (Å²) in [7, 11) is 1.64. The van der Waals surface area contributed by atoms with Crippen LogP contribution in [0.25, 0.3) is 5.69 Å². The first-order chi connectivity index (χ1) is 17.0. The van der Waals surface area contributed by atoms with E-state index >= 15 is 0 Å². The number of unbranched alkanes of at least 4 members (excludes halogenated alkanes) is 2. The highest BCUT2D eigenvalue weighted by atomic mass is 16.5. The first-order valence-electron chi connectivity index (χ1n) is 12.5. The minimum atomic E-state index is -0.317. The molecule has 0 aliphatic carbocycles. The molecule has 1 aromatic heterocycles. The molecule has 1 atom stereocenters. The molecule has 6 nitrogen and oxygen atoms in total. The minimum Gasteiger partial charge on any atom is -0.497 e. The standard InChI is InChI=1S/C29H35N3O3/c1-5-6-7-14-27(33)31(21(2)3)20-28(34)32-25-12-9-8-11-24(25)30-19-10-13-26(30)29(32)22-15-17-23(35-4)18-16-22/h8-13,15-19,21,29H,5-7,14,20H2,1-4H3. The predicted molar refractivity (Wildman–Crippen MR) is 139 cm³/mol. The van der Waals surface area contributed by atoms with E-state index in [1.807, 2.05) is 79.5 Å². The number of para-hydroxylation sites is 2. The van der Waals surface area contributed by atoms with E-state index in [0.29, 0.717) is 6.42 Å². The summed E-state index contributed by atoms with van der Waals surface area (Å²) in [5, 5.41) is 0. The number of methoxy groups -OCH3 is 1. The lowest BCUT2D eigenvalue weighted by Crippen LogP contribution is -2.48. The van der Waals surface area contributed by atoms with Crippen LogP contribution in [-0.2, 0) is 9.59 Å². The van der Waals surface area contributed by atoms with Crippen LogP contribution in [0, 0.1) is 0 Å². The molecule has 2 amide bonds. The molecule has 0 spiro atoms. The van der Waals surface area contributed by atoms with Crippen molar-refractivity contribution < 1.29 is 14.3 Å². The highest BCUT2D eigenvalue weighted by Crippen LogP contribution is 2.42. The van der Waals surface area contributed by atoms with Crippen LogP contribution in [0.4, 0.5) is 5.69 Å². The Morgan fingerprint density at radius 3 is 2.34 bits per heavy atom. The van der Waals surface area contributed by atoms with E-state index in [4.69, 9.17) is 4.74 Å². The number of fused-ring (bicyclic) bond motifs is 3. The molecule has 1 aliphatic heterocycles. The maximum Gasteiger partial charge on any atom is 0.247 e. The summed E-state index contributed by atoms with van der Waals surface area (Å²) in [4.78, 5) is 30.7. The molecule has 4 rings (SSSR count). The minimum absolute atomic E-state index is 0.0384. The van der Waals surface area contributed by atoms with E-state index in [1.165, 1.54) is 0 Å². The molecular formula is C29H35N3O3. The number of aromatic nitrogens is 1. The lowest BCUT2D eigenvalue weighted by Gasteiger charge is -2.40. The molecule has 184 valence electrons. The Kier molecular flexibility index (Phi) is 7.59. The van der Waals surface area contributed by atoms with Crippen LogP contribution < -0.4 is 9.64 Å². The Morgan fingerprint density at radius 2 is 1.69 bits per heavy atom. The summed E-state index contributed by atoms with van der Waals surface area (Å²) >= 11 is 0. The molecule has 0 radical (unpaired) electrons. The van der Waals surface area contributed by atoms with Gasteiger partial charge >= 0.3 is 0 Å². The summed E-state index contributed by atoms with van der Waals surface area (Å²) in [6.07, 6.45) is 5.43. The van der Waals surface area contributed by atoms with Gasteiger partial charge in [0.1, 0.15) is 18.3 Å². The Labute approximate surface area is 208 Å². The van der Waals surface area contributed by atoms with Crippen molar-refractivity contribution in [2.45, 2.75) is 58.5 Å². The largest absolute Gasteiger partial charge is 0.497 e. The maximum absolute atomic E-state index is 14.0. The van der Waals surface area contributed by atoms with Crippen molar-refractivity contribution in [1.82, 2.24) is 9.47 Å². The summed E-state index contributed by atoms with van der Waals surface area (Å²) in [5.74, 6) is 0.710. The van der Waals surface area contributed by atoms with E-state index in [1.54, 1.807) is 12.0 Å². The van der Waals surface area contributed by atoms with Crippen LogP contribution in [0.3, 0.4) is 0 Å². The molecule has 0 bridgehead atoms. The SMILES string of the molecule is CCCCCC(=O)N(CC(=O)N1c2ccccc2-n2cccc2C1c1ccc(OC)cc1)C(C)C. The van der Waals surface area contributed by atoms with Gasteiger partial charge in [-0.1, -0.05) is 44.0 Å². The van der Waals surface area contributed by atoms with Gasteiger partial charge in [-0.15, -0.1) is 0 Å². The molecule has 3 aromatic rings. The number of carbonyl (C=O) groups excluding carboxylic acids is 2. The first-order valence-corrected chi connectivity index (χ1v) is 12.5. The quantitative estimate of drug-likeness (QED) is 0.373. The van der Waals surface area contributed by atoms with Crippen molar-refractivity contribution in [3.05, 3.63) is 78.1 Å². The number of ether oxygens (including phenoxy) is 1. The normalized spacial score (nSPS) is 14.4.